The average Bonchev–Trinajstić information content (AvgIpc) is 3.41. The maximum absolute atomic E-state index is 3.78. The summed E-state index contributed by atoms with van der Waals surface area (Å²) in [6, 6.07) is 23.0. The van der Waals surface area contributed by atoms with Crippen LogP contribution in [-0.4, -0.2) is 9.97 Å². The van der Waals surface area contributed by atoms with Crippen molar-refractivity contribution in [3.63, 3.8) is 0 Å². The summed E-state index contributed by atoms with van der Waals surface area (Å²) in [7, 11) is 0. The highest BCUT2D eigenvalue weighted by molar-refractivity contribution is 5.47. The van der Waals surface area contributed by atoms with Crippen molar-refractivity contribution in [3.05, 3.63) is 124 Å². The lowest BCUT2D eigenvalue weighted by atomic mass is 9.89. The lowest BCUT2D eigenvalue weighted by Gasteiger charge is -2.16. The molecule has 0 fully saturated rings. The van der Waals surface area contributed by atoms with E-state index in [1.54, 1.807) is 23.5 Å². The summed E-state index contributed by atoms with van der Waals surface area (Å²) in [4.78, 5) is 6.65. The zero-order valence-corrected chi connectivity index (χ0v) is 16.6. The van der Waals surface area contributed by atoms with E-state index in [4.69, 9.17) is 0 Å². The molecule has 1 N–H and O–H groups in total. The number of H-pyrrole nitrogens is 1. The Kier molecular flexibility index (Phi) is 6.34. The summed E-state index contributed by atoms with van der Waals surface area (Å²) in [6.07, 6.45) is 16.9. The van der Waals surface area contributed by atoms with Crippen molar-refractivity contribution in [2.75, 3.05) is 0 Å². The van der Waals surface area contributed by atoms with Crippen LogP contribution in [0.2, 0.25) is 0 Å². The predicted molar refractivity (Wildman–Crippen MR) is 120 cm³/mol. The molecule has 2 aliphatic carbocycles. The van der Waals surface area contributed by atoms with Crippen LogP contribution in [0.25, 0.3) is 12.2 Å². The molecule has 0 spiro atoms. The van der Waals surface area contributed by atoms with Gasteiger partial charge in [-0.25, -0.2) is 0 Å². The molecule has 4 aromatic rings. The van der Waals surface area contributed by atoms with Gasteiger partial charge in [0, 0.05) is 24.8 Å². The van der Waals surface area contributed by atoms with Gasteiger partial charge in [0.15, 0.2) is 0 Å². The number of nitrogens with zero attached hydrogens (tertiary/aromatic N) is 1. The molecular weight excluding hydrogens is 352 g/mol. The molecule has 0 saturated heterocycles. The van der Waals surface area contributed by atoms with Crippen LogP contribution in [0.5, 0.6) is 0 Å². The van der Waals surface area contributed by atoms with E-state index in [2.05, 4.69) is 58.5 Å². The first-order valence-corrected chi connectivity index (χ1v) is 10.3. The molecule has 2 heteroatoms. The number of pyridine rings is 1. The second-order valence-electron chi connectivity index (χ2n) is 7.16. The molecule has 2 heterocycles. The van der Waals surface area contributed by atoms with Crippen LogP contribution in [0.1, 0.15) is 24.0 Å². The summed E-state index contributed by atoms with van der Waals surface area (Å²) >= 11 is 0. The number of hydrogen-bond acceptors (Lipinski definition) is 1. The minimum Gasteiger partial charge on any atom is -0.368 e. The van der Waals surface area contributed by atoms with E-state index in [0.717, 1.165) is 6.42 Å². The molecule has 2 aliphatic rings. The van der Waals surface area contributed by atoms with Crippen LogP contribution < -0.4 is 10.4 Å². The van der Waals surface area contributed by atoms with Crippen molar-refractivity contribution in [1.29, 1.82) is 0 Å². The van der Waals surface area contributed by atoms with E-state index >= 15 is 0 Å². The number of hydrogen-bond donors (Lipinski definition) is 1. The Balaban J connectivity index is 0.000000152. The zero-order valence-electron chi connectivity index (χ0n) is 16.6. The van der Waals surface area contributed by atoms with Crippen LogP contribution in [0.4, 0.5) is 0 Å². The number of fused-ring (bicyclic) bond motifs is 4. The number of nitrogens with one attached hydrogen (secondary N) is 1. The van der Waals surface area contributed by atoms with Gasteiger partial charge in [0.1, 0.15) is 0 Å². The highest BCUT2D eigenvalue weighted by Crippen LogP contribution is 2.17. The van der Waals surface area contributed by atoms with Crippen molar-refractivity contribution in [2.24, 2.45) is 0 Å². The van der Waals surface area contributed by atoms with E-state index < -0.39 is 0 Å². The van der Waals surface area contributed by atoms with Crippen molar-refractivity contribution in [2.45, 2.75) is 25.7 Å². The molecule has 0 saturated carbocycles. The molecule has 144 valence electrons. The third-order valence-electron chi connectivity index (χ3n) is 5.30. The number of aromatic amines is 1. The fraction of sp³-hybridized carbons (Fsp3) is 0.148. The topological polar surface area (TPSA) is 28.7 Å². The molecule has 29 heavy (non-hydrogen) atoms. The molecular formula is C27H26N2. The van der Waals surface area contributed by atoms with Crippen molar-refractivity contribution < 1.29 is 0 Å². The second-order valence-corrected chi connectivity index (χ2v) is 7.16. The smallest absolute Gasteiger partial charge is 0.0267 e. The third kappa shape index (κ3) is 4.72. The maximum Gasteiger partial charge on any atom is 0.0267 e. The number of benzene rings is 2. The minimum absolute atomic E-state index is 1.10. The van der Waals surface area contributed by atoms with Gasteiger partial charge in [-0.2, -0.15) is 0 Å². The fourth-order valence-electron chi connectivity index (χ4n) is 3.94. The lowest BCUT2D eigenvalue weighted by Crippen LogP contribution is -2.19. The standard InChI is InChI=1S/C18H16.C5H5N.C4H5N/c1-3-7-15-13(5-1)9-11-18-16-8-4-2-6-14(16)10-12-17(15)18;1-2-4-6-5-3-1;1-2-4-5-3-1/h1,3,5-7,9-10,12H,2,4,8,11H2;1-5H;1-5H. The summed E-state index contributed by atoms with van der Waals surface area (Å²) in [5.74, 6) is 0. The van der Waals surface area contributed by atoms with E-state index in [1.807, 2.05) is 42.7 Å². The number of aromatic nitrogens is 2. The highest BCUT2D eigenvalue weighted by atomic mass is 14.6. The van der Waals surface area contributed by atoms with E-state index in [0.29, 0.717) is 0 Å². The van der Waals surface area contributed by atoms with Crippen LogP contribution in [0.3, 0.4) is 0 Å². The Morgan fingerprint density at radius 2 is 1.48 bits per heavy atom. The van der Waals surface area contributed by atoms with Gasteiger partial charge in [-0.1, -0.05) is 54.6 Å². The normalized spacial score (nSPS) is 12.8. The molecule has 2 aromatic carbocycles. The first-order valence-electron chi connectivity index (χ1n) is 10.3. The molecule has 0 radical (unpaired) electrons. The Morgan fingerprint density at radius 3 is 2.17 bits per heavy atom. The SMILES string of the molecule is C1=c2ccc3c(c2CCC1)CC=c1ccccc1=3.c1cc[nH]c1.c1ccncc1. The molecule has 6 rings (SSSR count). The Bertz CT molecular complexity index is 1200. The van der Waals surface area contributed by atoms with E-state index in [9.17, 15) is 0 Å². The van der Waals surface area contributed by atoms with Crippen molar-refractivity contribution >= 4 is 12.2 Å². The summed E-state index contributed by atoms with van der Waals surface area (Å²) in [5.41, 5.74) is 3.17. The van der Waals surface area contributed by atoms with Gasteiger partial charge >= 0.3 is 0 Å². The van der Waals surface area contributed by atoms with Gasteiger partial charge in [-0.3, -0.25) is 4.98 Å². The molecule has 0 bridgehead atoms. The van der Waals surface area contributed by atoms with E-state index in [-0.39, 0.29) is 0 Å². The van der Waals surface area contributed by atoms with Gasteiger partial charge < -0.3 is 4.98 Å². The van der Waals surface area contributed by atoms with E-state index in [1.165, 1.54) is 40.1 Å². The molecule has 0 unspecified atom stereocenters. The largest absolute Gasteiger partial charge is 0.368 e. The molecule has 0 amide bonds. The quantitative estimate of drug-likeness (QED) is 0.479. The van der Waals surface area contributed by atoms with Crippen LogP contribution in [0, 0.1) is 10.4 Å². The number of rotatable bonds is 0. The Hall–Kier alpha value is -3.39. The van der Waals surface area contributed by atoms with Crippen LogP contribution >= 0.6 is 0 Å². The van der Waals surface area contributed by atoms with Gasteiger partial charge in [-0.05, 0) is 82.0 Å². The minimum atomic E-state index is 1.10. The summed E-state index contributed by atoms with van der Waals surface area (Å²) in [6.45, 7) is 0. The average molecular weight is 379 g/mol. The Labute approximate surface area is 171 Å². The molecule has 2 nitrogen and oxygen atoms in total. The van der Waals surface area contributed by atoms with Gasteiger partial charge in [0.05, 0.1) is 0 Å². The first-order chi connectivity index (χ1) is 14.4. The lowest BCUT2D eigenvalue weighted by molar-refractivity contribution is 0.824. The molecule has 0 atom stereocenters. The zero-order chi connectivity index (χ0) is 19.7. The predicted octanol–water partition coefficient (Wildman–Crippen LogP) is 4.52. The first kappa shape index (κ1) is 18.9. The van der Waals surface area contributed by atoms with Crippen molar-refractivity contribution in [1.82, 2.24) is 9.97 Å². The maximum atomic E-state index is 3.78. The fourth-order valence-corrected chi connectivity index (χ4v) is 3.94. The molecule has 2 aromatic heterocycles. The summed E-state index contributed by atoms with van der Waals surface area (Å²) in [5, 5.41) is 5.74. The van der Waals surface area contributed by atoms with Crippen molar-refractivity contribution in [3.8, 4) is 0 Å². The second kappa shape index (κ2) is 9.70. The highest BCUT2D eigenvalue weighted by Gasteiger charge is 2.10. The van der Waals surface area contributed by atoms with Crippen LogP contribution in [0.15, 0.2) is 91.5 Å². The summed E-state index contributed by atoms with van der Waals surface area (Å²) < 4.78 is 0. The third-order valence-corrected chi connectivity index (χ3v) is 5.30. The van der Waals surface area contributed by atoms with Gasteiger partial charge in [0.25, 0.3) is 0 Å². The van der Waals surface area contributed by atoms with Gasteiger partial charge in [-0.15, -0.1) is 0 Å². The Morgan fingerprint density at radius 1 is 0.655 bits per heavy atom. The molecule has 0 aliphatic heterocycles. The van der Waals surface area contributed by atoms with Gasteiger partial charge in [0.2, 0.25) is 0 Å². The monoisotopic (exact) mass is 378 g/mol. The van der Waals surface area contributed by atoms with Crippen LogP contribution in [-0.2, 0) is 12.8 Å².